The summed E-state index contributed by atoms with van der Waals surface area (Å²) in [6, 6.07) is 7.81. The molecule has 0 saturated carbocycles. The smallest absolute Gasteiger partial charge is 0.122 e. The van der Waals surface area contributed by atoms with E-state index in [4.69, 9.17) is 21.6 Å². The van der Waals surface area contributed by atoms with Gasteiger partial charge in [0.05, 0.1) is 12.7 Å². The van der Waals surface area contributed by atoms with Crippen molar-refractivity contribution in [2.45, 2.75) is 32.6 Å². The van der Waals surface area contributed by atoms with Crippen LogP contribution in [-0.2, 0) is 0 Å². The summed E-state index contributed by atoms with van der Waals surface area (Å²) >= 11 is 5.97. The van der Waals surface area contributed by atoms with Crippen LogP contribution in [0.5, 0.6) is 5.75 Å². The van der Waals surface area contributed by atoms with Gasteiger partial charge in [0, 0.05) is 11.4 Å². The highest BCUT2D eigenvalue weighted by Crippen LogP contribution is 2.32. The normalized spacial score (nSPS) is 11.9. The maximum absolute atomic E-state index is 8.58. The average Bonchev–Trinajstić information content (AvgIpc) is 2.28. The van der Waals surface area contributed by atoms with Gasteiger partial charge in [-0.2, -0.15) is 5.26 Å². The van der Waals surface area contributed by atoms with Crippen molar-refractivity contribution in [3.05, 3.63) is 28.8 Å². The molecule has 0 saturated heterocycles. The second-order valence-corrected chi connectivity index (χ2v) is 4.15. The van der Waals surface area contributed by atoms with Gasteiger partial charge in [-0.1, -0.05) is 18.5 Å². The Balaban J connectivity index is 2.90. The van der Waals surface area contributed by atoms with E-state index >= 15 is 0 Å². The molecule has 16 heavy (non-hydrogen) atoms. The monoisotopic (exact) mass is 237 g/mol. The van der Waals surface area contributed by atoms with Crippen LogP contribution < -0.4 is 4.74 Å². The van der Waals surface area contributed by atoms with E-state index < -0.39 is 0 Å². The van der Waals surface area contributed by atoms with Crippen LogP contribution >= 0.6 is 11.6 Å². The molecule has 0 aliphatic heterocycles. The molecule has 0 heterocycles. The van der Waals surface area contributed by atoms with Gasteiger partial charge < -0.3 is 4.74 Å². The van der Waals surface area contributed by atoms with Gasteiger partial charge in [0.1, 0.15) is 5.75 Å². The molecule has 0 aliphatic carbocycles. The van der Waals surface area contributed by atoms with E-state index in [1.165, 1.54) is 0 Å². The molecular weight excluding hydrogens is 222 g/mol. The highest BCUT2D eigenvalue weighted by molar-refractivity contribution is 6.30. The first-order chi connectivity index (χ1) is 7.69. The van der Waals surface area contributed by atoms with Gasteiger partial charge in [-0.05, 0) is 43.0 Å². The van der Waals surface area contributed by atoms with E-state index in [0.717, 1.165) is 17.7 Å². The Morgan fingerprint density at radius 2 is 2.25 bits per heavy atom. The van der Waals surface area contributed by atoms with Crippen LogP contribution in [0.2, 0.25) is 5.02 Å². The fourth-order valence-corrected chi connectivity index (χ4v) is 1.81. The summed E-state index contributed by atoms with van der Waals surface area (Å²) in [5.41, 5.74) is 1.09. The topological polar surface area (TPSA) is 33.0 Å². The van der Waals surface area contributed by atoms with Crippen LogP contribution in [0.4, 0.5) is 0 Å². The molecule has 2 nitrogen and oxygen atoms in total. The summed E-state index contributed by atoms with van der Waals surface area (Å²) in [5, 5.41) is 9.29. The molecule has 0 aromatic heterocycles. The number of halogens is 1. The molecule has 1 rings (SSSR count). The minimum Gasteiger partial charge on any atom is -0.494 e. The average molecular weight is 238 g/mol. The van der Waals surface area contributed by atoms with Crippen molar-refractivity contribution in [2.75, 3.05) is 6.61 Å². The zero-order chi connectivity index (χ0) is 12.0. The Kier molecular flexibility index (Phi) is 5.14. The summed E-state index contributed by atoms with van der Waals surface area (Å²) in [7, 11) is 0. The van der Waals surface area contributed by atoms with Crippen LogP contribution in [0.15, 0.2) is 18.2 Å². The van der Waals surface area contributed by atoms with Crippen molar-refractivity contribution in [1.29, 1.82) is 5.26 Å². The van der Waals surface area contributed by atoms with Crippen LogP contribution in [-0.4, -0.2) is 6.61 Å². The van der Waals surface area contributed by atoms with Gasteiger partial charge in [0.15, 0.2) is 0 Å². The molecule has 0 radical (unpaired) electrons. The van der Waals surface area contributed by atoms with Gasteiger partial charge in [0.25, 0.3) is 0 Å². The van der Waals surface area contributed by atoms with Crippen molar-refractivity contribution in [3.8, 4) is 11.8 Å². The van der Waals surface area contributed by atoms with Crippen molar-refractivity contribution >= 4 is 11.6 Å². The van der Waals surface area contributed by atoms with E-state index in [0.29, 0.717) is 24.0 Å². The minimum absolute atomic E-state index is 0.292. The third kappa shape index (κ3) is 3.43. The fourth-order valence-electron chi connectivity index (χ4n) is 1.63. The first kappa shape index (κ1) is 12.9. The molecule has 86 valence electrons. The molecule has 0 amide bonds. The standard InChI is InChI=1S/C13H16ClNO/c1-3-16-13-7-6-11(14)9-12(13)10(2)5-4-8-15/h6-7,9-10H,3-5H2,1-2H3. The van der Waals surface area contributed by atoms with E-state index in [-0.39, 0.29) is 0 Å². The Labute approximate surface area is 102 Å². The molecule has 0 spiro atoms. The molecule has 0 bridgehead atoms. The lowest BCUT2D eigenvalue weighted by Crippen LogP contribution is -2.00. The van der Waals surface area contributed by atoms with E-state index in [1.807, 2.05) is 25.1 Å². The van der Waals surface area contributed by atoms with Gasteiger partial charge in [-0.3, -0.25) is 0 Å². The molecule has 0 N–H and O–H groups in total. The first-order valence-corrected chi connectivity index (χ1v) is 5.86. The van der Waals surface area contributed by atoms with Crippen LogP contribution in [0.1, 0.15) is 38.2 Å². The lowest BCUT2D eigenvalue weighted by atomic mass is 9.95. The molecule has 1 aromatic carbocycles. The SMILES string of the molecule is CCOc1ccc(Cl)cc1C(C)CCC#N. The highest BCUT2D eigenvalue weighted by Gasteiger charge is 2.12. The molecule has 0 fully saturated rings. The van der Waals surface area contributed by atoms with Crippen molar-refractivity contribution in [2.24, 2.45) is 0 Å². The Morgan fingerprint density at radius 3 is 2.88 bits per heavy atom. The number of hydrogen-bond donors (Lipinski definition) is 0. The van der Waals surface area contributed by atoms with Crippen LogP contribution in [0.3, 0.4) is 0 Å². The van der Waals surface area contributed by atoms with Gasteiger partial charge in [-0.25, -0.2) is 0 Å². The Bertz CT molecular complexity index is 384. The predicted molar refractivity (Wildman–Crippen MR) is 65.9 cm³/mol. The second-order valence-electron chi connectivity index (χ2n) is 3.71. The summed E-state index contributed by atoms with van der Waals surface area (Å²) < 4.78 is 5.55. The lowest BCUT2D eigenvalue weighted by Gasteiger charge is -2.15. The summed E-state index contributed by atoms with van der Waals surface area (Å²) in [4.78, 5) is 0. The maximum atomic E-state index is 8.58. The van der Waals surface area contributed by atoms with E-state index in [9.17, 15) is 0 Å². The second kappa shape index (κ2) is 6.40. The van der Waals surface area contributed by atoms with E-state index in [1.54, 1.807) is 0 Å². The number of benzene rings is 1. The molecule has 3 heteroatoms. The van der Waals surface area contributed by atoms with E-state index in [2.05, 4.69) is 13.0 Å². The third-order valence-corrected chi connectivity index (χ3v) is 2.73. The summed E-state index contributed by atoms with van der Waals surface area (Å²) in [6.07, 6.45) is 1.39. The zero-order valence-corrected chi connectivity index (χ0v) is 10.4. The lowest BCUT2D eigenvalue weighted by molar-refractivity contribution is 0.334. The van der Waals surface area contributed by atoms with Crippen molar-refractivity contribution in [1.82, 2.24) is 0 Å². The number of hydrogen-bond acceptors (Lipinski definition) is 2. The fraction of sp³-hybridized carbons (Fsp3) is 0.462. The minimum atomic E-state index is 0.292. The highest BCUT2D eigenvalue weighted by atomic mass is 35.5. The number of nitrogens with zero attached hydrogens (tertiary/aromatic N) is 1. The largest absolute Gasteiger partial charge is 0.494 e. The molecular formula is C13H16ClNO. The van der Waals surface area contributed by atoms with Gasteiger partial charge >= 0.3 is 0 Å². The Hall–Kier alpha value is -1.20. The van der Waals surface area contributed by atoms with Crippen LogP contribution in [0, 0.1) is 11.3 Å². The molecule has 1 unspecified atom stereocenters. The summed E-state index contributed by atoms with van der Waals surface area (Å²) in [5.74, 6) is 1.16. The van der Waals surface area contributed by atoms with Crippen molar-refractivity contribution in [3.63, 3.8) is 0 Å². The number of ether oxygens (including phenoxy) is 1. The van der Waals surface area contributed by atoms with Crippen molar-refractivity contribution < 1.29 is 4.74 Å². The first-order valence-electron chi connectivity index (χ1n) is 5.48. The quantitative estimate of drug-likeness (QED) is 0.771. The maximum Gasteiger partial charge on any atom is 0.122 e. The number of nitriles is 1. The zero-order valence-electron chi connectivity index (χ0n) is 9.66. The number of rotatable bonds is 5. The van der Waals surface area contributed by atoms with Crippen LogP contribution in [0.25, 0.3) is 0 Å². The van der Waals surface area contributed by atoms with Gasteiger partial charge in [0.2, 0.25) is 0 Å². The third-order valence-electron chi connectivity index (χ3n) is 2.49. The van der Waals surface area contributed by atoms with Gasteiger partial charge in [-0.15, -0.1) is 0 Å². The molecule has 1 atom stereocenters. The molecule has 0 aliphatic rings. The predicted octanol–water partition coefficient (Wildman–Crippen LogP) is 4.15. The summed E-state index contributed by atoms with van der Waals surface area (Å²) in [6.45, 7) is 4.68. The molecule has 1 aromatic rings. The Morgan fingerprint density at radius 1 is 1.50 bits per heavy atom.